The summed E-state index contributed by atoms with van der Waals surface area (Å²) in [4.78, 5) is 35.9. The Labute approximate surface area is 361 Å². The van der Waals surface area contributed by atoms with E-state index in [9.17, 15) is 13.9 Å². The summed E-state index contributed by atoms with van der Waals surface area (Å²) < 4.78 is 49.4. The van der Waals surface area contributed by atoms with Crippen molar-refractivity contribution >= 4 is 54.3 Å². The summed E-state index contributed by atoms with van der Waals surface area (Å²) in [6.45, 7) is 19.0. The number of aryl methyl sites for hydroxylation is 3. The number of allylic oxidation sites excluding steroid dienone is 2. The second kappa shape index (κ2) is 20.8. The molecular formula is C44H63N5NiO7P2. The zero-order valence-corrected chi connectivity index (χ0v) is 39.5. The molecule has 12 nitrogen and oxygen atoms in total. The van der Waals surface area contributed by atoms with Crippen LogP contribution in [0.25, 0.3) is 33.2 Å². The molecule has 2 atom stereocenters. The first-order valence-electron chi connectivity index (χ1n) is 20.8. The van der Waals surface area contributed by atoms with Gasteiger partial charge in [-0.05, 0) is 91.7 Å². The van der Waals surface area contributed by atoms with Gasteiger partial charge in [-0.25, -0.2) is 4.98 Å². The predicted octanol–water partition coefficient (Wildman–Crippen LogP) is 10.3. The Morgan fingerprint density at radius 3 is 1.90 bits per heavy atom. The first-order valence-corrected chi connectivity index (χ1v) is 24.3. The largest absolute Gasteiger partial charge is 2.00 e. The van der Waals surface area contributed by atoms with Crippen molar-refractivity contribution in [1.82, 2.24) is 24.8 Å². The summed E-state index contributed by atoms with van der Waals surface area (Å²) in [5.41, 5.74) is 10.9. The van der Waals surface area contributed by atoms with E-state index >= 15 is 0 Å². The van der Waals surface area contributed by atoms with E-state index < -0.39 is 20.6 Å². The van der Waals surface area contributed by atoms with Crippen LogP contribution in [0.1, 0.15) is 126 Å². The van der Waals surface area contributed by atoms with Gasteiger partial charge >= 0.3 is 31.7 Å². The third kappa shape index (κ3) is 11.1. The average molecular weight is 895 g/mol. The van der Waals surface area contributed by atoms with Crippen molar-refractivity contribution in [2.75, 3.05) is 52.8 Å². The van der Waals surface area contributed by atoms with Crippen molar-refractivity contribution in [2.45, 2.75) is 112 Å². The smallest absolute Gasteiger partial charge is 0.658 e. The van der Waals surface area contributed by atoms with E-state index in [0.29, 0.717) is 58.5 Å². The van der Waals surface area contributed by atoms with Gasteiger partial charge in [-0.15, -0.1) is 22.1 Å². The van der Waals surface area contributed by atoms with Gasteiger partial charge in [0.2, 0.25) is 5.91 Å². The molecule has 0 spiro atoms. The zero-order chi connectivity index (χ0) is 42.4. The van der Waals surface area contributed by atoms with Crippen LogP contribution >= 0.6 is 15.2 Å². The van der Waals surface area contributed by atoms with Crippen molar-refractivity contribution in [1.29, 1.82) is 0 Å². The summed E-state index contributed by atoms with van der Waals surface area (Å²) in [7, 11) is -2.92. The second-order valence-corrected chi connectivity index (χ2v) is 20.0. The number of amides is 1. The van der Waals surface area contributed by atoms with Gasteiger partial charge in [0.25, 0.3) is 0 Å². The molecule has 0 radical (unpaired) electrons. The van der Waals surface area contributed by atoms with Gasteiger partial charge in [0.1, 0.15) is 0 Å². The Kier molecular flexibility index (Phi) is 17.2. The summed E-state index contributed by atoms with van der Waals surface area (Å²) in [6, 6.07) is 10.3. The number of carbonyl (C=O) groups excluding carboxylic acids is 1. The number of rotatable bonds is 19. The molecule has 0 fully saturated rings. The normalized spacial score (nSPS) is 17.0. The van der Waals surface area contributed by atoms with Gasteiger partial charge in [0.05, 0.1) is 50.1 Å². The average Bonchev–Trinajstić information content (AvgIpc) is 3.82. The quantitative estimate of drug-likeness (QED) is 0.0837. The van der Waals surface area contributed by atoms with E-state index in [1.54, 1.807) is 19.0 Å². The minimum Gasteiger partial charge on any atom is -0.658 e. The van der Waals surface area contributed by atoms with Crippen LogP contribution in [0.2, 0.25) is 0 Å². The Hall–Kier alpha value is -2.88. The van der Waals surface area contributed by atoms with Crippen molar-refractivity contribution in [2.24, 2.45) is 0 Å². The molecule has 2 aliphatic rings. The van der Waals surface area contributed by atoms with E-state index in [0.717, 1.165) is 79.1 Å². The third-order valence-corrected chi connectivity index (χ3v) is 15.6. The molecule has 2 aliphatic heterocycles. The fraction of sp³-hybridized carbons (Fsp3) is 0.568. The molecule has 5 rings (SSSR count). The van der Waals surface area contributed by atoms with Crippen molar-refractivity contribution in [3.8, 4) is 0 Å². The Morgan fingerprint density at radius 2 is 1.34 bits per heavy atom. The van der Waals surface area contributed by atoms with Gasteiger partial charge in [0.15, 0.2) is 0 Å². The Morgan fingerprint density at radius 1 is 0.763 bits per heavy atom. The predicted molar refractivity (Wildman–Crippen MR) is 234 cm³/mol. The van der Waals surface area contributed by atoms with Gasteiger partial charge in [0, 0.05) is 43.2 Å². The minimum absolute atomic E-state index is 0. The standard InChI is InChI=1S/C44H63N5O7P2.Ni/c1-12-35-41-26-38-31(8)34(20-18-22-58(52,55-15-4)56-16-5)40(47-38)27-39-33(19-17-21-57(51,53-13-2)54-14-3)30(7)37(46-39)25-36-29(6)23-32(45-36)24-42(48-41)44(35,9)28-43(50)49(10)11;/h23-27,35H,12-22,28H2,1-11H3;/q-2;+2. The number of carbonyl (C=O) groups is 1. The van der Waals surface area contributed by atoms with Crippen molar-refractivity contribution in [3.63, 3.8) is 0 Å². The van der Waals surface area contributed by atoms with Crippen LogP contribution in [-0.2, 0) is 60.3 Å². The summed E-state index contributed by atoms with van der Waals surface area (Å²) >= 11 is 0. The number of hydrogen-bond acceptors (Lipinski definition) is 9. The zero-order valence-electron chi connectivity index (χ0n) is 36.8. The maximum atomic E-state index is 13.5. The summed E-state index contributed by atoms with van der Waals surface area (Å²) in [5.74, 6) is -0.0103. The fourth-order valence-corrected chi connectivity index (χ4v) is 11.6. The van der Waals surface area contributed by atoms with Crippen LogP contribution in [0.15, 0.2) is 30.3 Å². The monoisotopic (exact) mass is 893 g/mol. The van der Waals surface area contributed by atoms with E-state index in [1.807, 2.05) is 46.8 Å². The molecule has 3 aromatic heterocycles. The molecular weight excluding hydrogens is 831 g/mol. The Balaban J connectivity index is 0.00000769. The molecule has 59 heavy (non-hydrogen) atoms. The molecule has 2 unspecified atom stereocenters. The molecule has 1 amide bonds. The molecule has 8 bridgehead atoms. The topological polar surface area (TPSA) is 145 Å². The van der Waals surface area contributed by atoms with E-state index in [-0.39, 0.29) is 40.6 Å². The van der Waals surface area contributed by atoms with Crippen LogP contribution in [0, 0.1) is 13.8 Å². The molecule has 0 aromatic carbocycles. The number of nitrogens with zero attached hydrogens (tertiary/aromatic N) is 5. The number of fused-ring (bicyclic) bond motifs is 8. The maximum Gasteiger partial charge on any atom is 2.00 e. The van der Waals surface area contributed by atoms with Crippen molar-refractivity contribution < 1.29 is 48.5 Å². The molecule has 0 saturated carbocycles. The second-order valence-electron chi connectivity index (χ2n) is 15.6. The molecule has 0 aliphatic carbocycles. The SMILES string of the molecule is CCOP(=O)(CCCC1=C(C)c2cc3[n-]c(cc4nc(cc5[n-]c(cc1n2)c(CCCP(=O)(OCC)OCC)c5C)C(CC)C4(C)CC(=O)N(C)C)cc3C)OCC.[Ni+2]. The van der Waals surface area contributed by atoms with Gasteiger partial charge < -0.3 is 33.0 Å². The van der Waals surface area contributed by atoms with E-state index in [4.69, 9.17) is 38.0 Å². The maximum absolute atomic E-state index is 13.5. The van der Waals surface area contributed by atoms with Gasteiger partial charge in [-0.3, -0.25) is 18.9 Å². The fourth-order valence-electron chi connectivity index (χ4n) is 8.26. The molecule has 5 heterocycles. The van der Waals surface area contributed by atoms with E-state index in [1.165, 1.54) is 0 Å². The molecule has 0 N–H and O–H groups in total. The third-order valence-electron chi connectivity index (χ3n) is 11.3. The molecule has 15 heteroatoms. The van der Waals surface area contributed by atoms with Gasteiger partial charge in [-0.1, -0.05) is 60.9 Å². The first-order chi connectivity index (χ1) is 27.5. The molecule has 3 aromatic rings. The molecule has 326 valence electrons. The minimum atomic E-state index is -3.26. The number of hydrogen-bond donors (Lipinski definition) is 0. The van der Waals surface area contributed by atoms with Crippen LogP contribution in [0.3, 0.4) is 0 Å². The van der Waals surface area contributed by atoms with Crippen LogP contribution in [0.5, 0.6) is 0 Å². The van der Waals surface area contributed by atoms with E-state index in [2.05, 4.69) is 45.9 Å². The van der Waals surface area contributed by atoms with Crippen LogP contribution in [-0.4, -0.2) is 73.6 Å². The van der Waals surface area contributed by atoms with Crippen molar-refractivity contribution in [3.05, 3.63) is 69.8 Å². The van der Waals surface area contributed by atoms with Crippen LogP contribution < -0.4 is 9.97 Å². The Bertz CT molecular complexity index is 2250. The molecule has 0 saturated heterocycles. The van der Waals surface area contributed by atoms with Gasteiger partial charge in [-0.2, -0.15) is 0 Å². The summed E-state index contributed by atoms with van der Waals surface area (Å²) in [6.07, 6.45) is 3.97. The first kappa shape index (κ1) is 48.8. The number of aromatic nitrogens is 4. The summed E-state index contributed by atoms with van der Waals surface area (Å²) in [5, 5.41) is 0. The van der Waals surface area contributed by atoms with Crippen LogP contribution in [0.4, 0.5) is 0 Å².